The van der Waals surface area contributed by atoms with Crippen molar-refractivity contribution in [2.24, 2.45) is 5.92 Å². The lowest BCUT2D eigenvalue weighted by molar-refractivity contribution is -0.122. The zero-order valence-corrected chi connectivity index (χ0v) is 13.1. The van der Waals surface area contributed by atoms with Crippen LogP contribution in [0.2, 0.25) is 10.0 Å². The Labute approximate surface area is 134 Å². The summed E-state index contributed by atoms with van der Waals surface area (Å²) >= 11 is 11.7. The van der Waals surface area contributed by atoms with Gasteiger partial charge in [0.2, 0.25) is 5.91 Å². The van der Waals surface area contributed by atoms with E-state index in [0.29, 0.717) is 27.9 Å². The topological polar surface area (TPSA) is 61.4 Å². The van der Waals surface area contributed by atoms with Crippen molar-refractivity contribution in [3.05, 3.63) is 33.8 Å². The van der Waals surface area contributed by atoms with Crippen LogP contribution in [0.25, 0.3) is 0 Å². The molecule has 1 amide bonds. The Bertz CT molecular complexity index is 447. The Hall–Kier alpha value is -0.520. The highest BCUT2D eigenvalue weighted by Crippen LogP contribution is 2.23. The van der Waals surface area contributed by atoms with Crippen molar-refractivity contribution in [2.45, 2.75) is 12.5 Å². The van der Waals surface area contributed by atoms with Gasteiger partial charge in [0.15, 0.2) is 0 Å². The summed E-state index contributed by atoms with van der Waals surface area (Å²) in [4.78, 5) is 11.6. The maximum atomic E-state index is 11.6. The van der Waals surface area contributed by atoms with Gasteiger partial charge in [0.25, 0.3) is 0 Å². The van der Waals surface area contributed by atoms with Gasteiger partial charge in [-0.25, -0.2) is 0 Å². The number of rotatable bonds is 5. The van der Waals surface area contributed by atoms with Crippen LogP contribution >= 0.6 is 35.6 Å². The zero-order chi connectivity index (χ0) is 13.8. The molecule has 1 atom stereocenters. The number of benzene rings is 1. The maximum Gasteiger partial charge on any atom is 0.220 e. The van der Waals surface area contributed by atoms with Crippen molar-refractivity contribution >= 4 is 41.5 Å². The highest BCUT2D eigenvalue weighted by molar-refractivity contribution is 6.34. The number of aliphatic hydroxyl groups excluding tert-OH is 1. The summed E-state index contributed by atoms with van der Waals surface area (Å²) in [5.74, 6) is 0.372. The van der Waals surface area contributed by atoms with E-state index in [1.165, 1.54) is 0 Å². The van der Waals surface area contributed by atoms with Gasteiger partial charge in [-0.3, -0.25) is 4.79 Å². The SMILES string of the molecule is Cl.O=C(CC1CNC1)NCC(O)c1cc(Cl)cc(Cl)c1. The van der Waals surface area contributed by atoms with E-state index in [2.05, 4.69) is 10.6 Å². The number of hydrogen-bond acceptors (Lipinski definition) is 3. The minimum Gasteiger partial charge on any atom is -0.387 e. The second-order valence-corrected chi connectivity index (χ2v) is 5.62. The first-order chi connectivity index (χ1) is 9.04. The van der Waals surface area contributed by atoms with E-state index in [1.54, 1.807) is 18.2 Å². The second-order valence-electron chi connectivity index (χ2n) is 4.75. The molecule has 112 valence electrons. The molecule has 0 spiro atoms. The van der Waals surface area contributed by atoms with Crippen LogP contribution in [0.15, 0.2) is 18.2 Å². The van der Waals surface area contributed by atoms with Crippen LogP contribution in [-0.2, 0) is 4.79 Å². The Morgan fingerprint density at radius 2 is 1.95 bits per heavy atom. The molecule has 0 aromatic heterocycles. The fourth-order valence-corrected chi connectivity index (χ4v) is 2.47. The van der Waals surface area contributed by atoms with Crippen LogP contribution in [0.4, 0.5) is 0 Å². The number of nitrogens with one attached hydrogen (secondary N) is 2. The number of halogens is 3. The molecule has 1 aliphatic heterocycles. The van der Waals surface area contributed by atoms with Crippen LogP contribution < -0.4 is 10.6 Å². The Morgan fingerprint density at radius 1 is 1.35 bits per heavy atom. The Kier molecular flexibility index (Phi) is 7.06. The van der Waals surface area contributed by atoms with E-state index in [-0.39, 0.29) is 24.9 Å². The summed E-state index contributed by atoms with van der Waals surface area (Å²) in [6, 6.07) is 4.88. The fourth-order valence-electron chi connectivity index (χ4n) is 1.92. The summed E-state index contributed by atoms with van der Waals surface area (Å²) in [7, 11) is 0. The van der Waals surface area contributed by atoms with Crippen LogP contribution in [-0.4, -0.2) is 30.6 Å². The van der Waals surface area contributed by atoms with Crippen molar-refractivity contribution in [2.75, 3.05) is 19.6 Å². The van der Waals surface area contributed by atoms with E-state index >= 15 is 0 Å². The number of aliphatic hydroxyl groups is 1. The van der Waals surface area contributed by atoms with Gasteiger partial charge in [0.1, 0.15) is 0 Å². The van der Waals surface area contributed by atoms with Crippen molar-refractivity contribution in [3.8, 4) is 0 Å². The monoisotopic (exact) mass is 338 g/mol. The van der Waals surface area contributed by atoms with E-state index in [1.807, 2.05) is 0 Å². The third-order valence-corrected chi connectivity index (χ3v) is 3.54. The van der Waals surface area contributed by atoms with Gasteiger partial charge in [-0.15, -0.1) is 12.4 Å². The number of carbonyl (C=O) groups excluding carboxylic acids is 1. The van der Waals surface area contributed by atoms with E-state index < -0.39 is 6.10 Å². The predicted octanol–water partition coefficient (Wildman–Crippen LogP) is 2.17. The molecule has 3 N–H and O–H groups in total. The number of amides is 1. The highest BCUT2D eigenvalue weighted by atomic mass is 35.5. The smallest absolute Gasteiger partial charge is 0.220 e. The molecule has 1 aliphatic rings. The van der Waals surface area contributed by atoms with Gasteiger partial charge in [-0.05, 0) is 42.8 Å². The van der Waals surface area contributed by atoms with Crippen LogP contribution in [0, 0.1) is 5.92 Å². The van der Waals surface area contributed by atoms with Crippen molar-refractivity contribution < 1.29 is 9.90 Å². The summed E-state index contributed by atoms with van der Waals surface area (Å²) in [6.45, 7) is 1.94. The molecule has 4 nitrogen and oxygen atoms in total. The summed E-state index contributed by atoms with van der Waals surface area (Å²) in [5.41, 5.74) is 0.600. The molecule has 0 bridgehead atoms. The Balaban J connectivity index is 0.00000200. The first-order valence-corrected chi connectivity index (χ1v) is 6.91. The summed E-state index contributed by atoms with van der Waals surface area (Å²) < 4.78 is 0. The minimum absolute atomic E-state index is 0. The van der Waals surface area contributed by atoms with E-state index in [4.69, 9.17) is 23.2 Å². The third kappa shape index (κ3) is 5.11. The molecular weight excluding hydrogens is 323 g/mol. The first kappa shape index (κ1) is 17.5. The maximum absolute atomic E-state index is 11.6. The largest absolute Gasteiger partial charge is 0.387 e. The molecule has 0 radical (unpaired) electrons. The average molecular weight is 340 g/mol. The first-order valence-electron chi connectivity index (χ1n) is 6.16. The third-order valence-electron chi connectivity index (χ3n) is 3.10. The van der Waals surface area contributed by atoms with Gasteiger partial charge in [-0.1, -0.05) is 23.2 Å². The van der Waals surface area contributed by atoms with Crippen LogP contribution in [0.1, 0.15) is 18.1 Å². The molecular formula is C13H17Cl3N2O2. The standard InChI is InChI=1S/C13H16Cl2N2O2.ClH/c14-10-2-9(3-11(15)4-10)12(18)7-17-13(19)1-8-5-16-6-8;/h2-4,8,12,16,18H,1,5-7H2,(H,17,19);1H. The predicted molar refractivity (Wildman–Crippen MR) is 82.7 cm³/mol. The van der Waals surface area contributed by atoms with Gasteiger partial charge in [0, 0.05) is 23.0 Å². The molecule has 1 unspecified atom stereocenters. The molecule has 0 aliphatic carbocycles. The molecule has 1 heterocycles. The lowest BCUT2D eigenvalue weighted by atomic mass is 9.99. The number of hydrogen-bond donors (Lipinski definition) is 3. The van der Waals surface area contributed by atoms with Gasteiger partial charge < -0.3 is 15.7 Å². The molecule has 20 heavy (non-hydrogen) atoms. The van der Waals surface area contributed by atoms with E-state index in [9.17, 15) is 9.90 Å². The fraction of sp³-hybridized carbons (Fsp3) is 0.462. The average Bonchev–Trinajstić information content (AvgIpc) is 2.29. The van der Waals surface area contributed by atoms with Crippen molar-refractivity contribution in [1.29, 1.82) is 0 Å². The molecule has 1 aromatic rings. The lowest BCUT2D eigenvalue weighted by Gasteiger charge is -2.26. The van der Waals surface area contributed by atoms with Crippen molar-refractivity contribution in [1.82, 2.24) is 10.6 Å². The highest BCUT2D eigenvalue weighted by Gasteiger charge is 2.20. The number of carbonyl (C=O) groups is 1. The Morgan fingerprint density at radius 3 is 2.45 bits per heavy atom. The van der Waals surface area contributed by atoms with Gasteiger partial charge in [-0.2, -0.15) is 0 Å². The van der Waals surface area contributed by atoms with Gasteiger partial charge in [0.05, 0.1) is 6.10 Å². The lowest BCUT2D eigenvalue weighted by Crippen LogP contribution is -2.44. The molecule has 2 rings (SSSR count). The van der Waals surface area contributed by atoms with Crippen LogP contribution in [0.5, 0.6) is 0 Å². The second kappa shape index (κ2) is 8.05. The molecule has 0 saturated carbocycles. The normalized spacial score (nSPS) is 15.9. The summed E-state index contributed by atoms with van der Waals surface area (Å²) in [6.07, 6.45) is -0.310. The van der Waals surface area contributed by atoms with Crippen molar-refractivity contribution in [3.63, 3.8) is 0 Å². The molecule has 1 saturated heterocycles. The summed E-state index contributed by atoms with van der Waals surface area (Å²) in [5, 5.41) is 16.7. The molecule has 1 fully saturated rings. The van der Waals surface area contributed by atoms with Gasteiger partial charge >= 0.3 is 0 Å². The quantitative estimate of drug-likeness (QED) is 0.770. The molecule has 1 aromatic carbocycles. The minimum atomic E-state index is -0.806. The molecule has 7 heteroatoms. The zero-order valence-electron chi connectivity index (χ0n) is 10.7. The van der Waals surface area contributed by atoms with Crippen LogP contribution in [0.3, 0.4) is 0 Å². The van der Waals surface area contributed by atoms with E-state index in [0.717, 1.165) is 13.1 Å².